The number of non-ortho nitro benzene ring substituents is 1. The number of amides is 1. The number of hydrogen-bond acceptors (Lipinski definition) is 7. The molecule has 0 aliphatic carbocycles. The number of aromatic nitrogens is 2. The molecule has 0 aliphatic heterocycles. The van der Waals surface area contributed by atoms with E-state index >= 15 is 0 Å². The zero-order valence-corrected chi connectivity index (χ0v) is 16.0. The van der Waals surface area contributed by atoms with Gasteiger partial charge in [0.05, 0.1) is 10.5 Å². The Hall–Kier alpha value is -2.99. The minimum absolute atomic E-state index is 0.134. The van der Waals surface area contributed by atoms with Crippen LogP contribution in [0.3, 0.4) is 0 Å². The van der Waals surface area contributed by atoms with Crippen LogP contribution in [0.5, 0.6) is 0 Å². The molecule has 150 valence electrons. The molecule has 0 bridgehead atoms. The highest BCUT2D eigenvalue weighted by molar-refractivity contribution is 8.00. The number of alkyl halides is 3. The maximum atomic E-state index is 12.8. The summed E-state index contributed by atoms with van der Waals surface area (Å²) in [7, 11) is 0. The van der Waals surface area contributed by atoms with Crippen LogP contribution in [-0.4, -0.2) is 21.0 Å². The average molecular weight is 440 g/mol. The van der Waals surface area contributed by atoms with Crippen LogP contribution in [-0.2, 0) is 11.9 Å². The van der Waals surface area contributed by atoms with E-state index in [1.54, 1.807) is 6.07 Å². The van der Waals surface area contributed by atoms with Gasteiger partial charge < -0.3 is 0 Å². The summed E-state index contributed by atoms with van der Waals surface area (Å²) in [6.07, 6.45) is -4.40. The van der Waals surface area contributed by atoms with Crippen LogP contribution in [0.2, 0.25) is 0 Å². The molecule has 0 saturated carbocycles. The predicted molar refractivity (Wildman–Crippen MR) is 102 cm³/mol. The molecule has 3 aromatic rings. The van der Waals surface area contributed by atoms with E-state index in [2.05, 4.69) is 15.5 Å². The quantitative estimate of drug-likeness (QED) is 0.250. The third-order valence-corrected chi connectivity index (χ3v) is 5.63. The van der Waals surface area contributed by atoms with Crippen LogP contribution >= 0.6 is 23.1 Å². The molecule has 1 amide bonds. The van der Waals surface area contributed by atoms with Gasteiger partial charge in [0.1, 0.15) is 0 Å². The van der Waals surface area contributed by atoms with E-state index in [9.17, 15) is 28.1 Å². The monoisotopic (exact) mass is 440 g/mol. The second kappa shape index (κ2) is 8.57. The molecule has 0 fully saturated rings. The van der Waals surface area contributed by atoms with Crippen molar-refractivity contribution in [1.29, 1.82) is 0 Å². The van der Waals surface area contributed by atoms with E-state index in [4.69, 9.17) is 0 Å². The van der Waals surface area contributed by atoms with Gasteiger partial charge in [-0.25, -0.2) is 0 Å². The number of rotatable bonds is 6. The van der Waals surface area contributed by atoms with Gasteiger partial charge in [-0.3, -0.25) is 20.2 Å². The lowest BCUT2D eigenvalue weighted by molar-refractivity contribution is -0.384. The van der Waals surface area contributed by atoms with Gasteiger partial charge in [-0.15, -0.1) is 10.2 Å². The Balaban J connectivity index is 1.59. The summed E-state index contributed by atoms with van der Waals surface area (Å²) in [6.45, 7) is 0. The molecule has 7 nitrogen and oxygen atoms in total. The van der Waals surface area contributed by atoms with Gasteiger partial charge in [-0.1, -0.05) is 41.3 Å². The molecule has 2 aromatic carbocycles. The molecule has 0 aliphatic rings. The highest BCUT2D eigenvalue weighted by Crippen LogP contribution is 2.32. The second-order valence-corrected chi connectivity index (χ2v) is 7.82. The number of halogens is 3. The van der Waals surface area contributed by atoms with Crippen molar-refractivity contribution in [1.82, 2.24) is 10.2 Å². The van der Waals surface area contributed by atoms with Crippen molar-refractivity contribution in [2.75, 3.05) is 5.32 Å². The van der Waals surface area contributed by atoms with E-state index in [1.807, 2.05) is 0 Å². The van der Waals surface area contributed by atoms with Gasteiger partial charge in [-0.2, -0.15) is 13.2 Å². The lowest BCUT2D eigenvalue weighted by atomic mass is 10.1. The summed E-state index contributed by atoms with van der Waals surface area (Å²) in [6, 6.07) is 10.1. The molecule has 1 aromatic heterocycles. The molecule has 29 heavy (non-hydrogen) atoms. The number of thioether (sulfide) groups is 1. The Bertz CT molecular complexity index is 1040. The fraction of sp³-hybridized carbons (Fsp3) is 0.118. The first-order chi connectivity index (χ1) is 13.7. The number of anilines is 1. The van der Waals surface area contributed by atoms with E-state index < -0.39 is 22.6 Å². The van der Waals surface area contributed by atoms with E-state index in [-0.39, 0.29) is 22.1 Å². The summed E-state index contributed by atoms with van der Waals surface area (Å²) >= 11 is 2.26. The van der Waals surface area contributed by atoms with Gasteiger partial charge in [0.25, 0.3) is 11.6 Å². The molecule has 12 heteroatoms. The van der Waals surface area contributed by atoms with Crippen molar-refractivity contribution >= 4 is 39.8 Å². The molecule has 1 N–H and O–H groups in total. The number of carbonyl (C=O) groups is 1. The topological polar surface area (TPSA) is 98.0 Å². The first-order valence-electron chi connectivity index (χ1n) is 7.90. The van der Waals surface area contributed by atoms with Crippen LogP contribution < -0.4 is 5.32 Å². The van der Waals surface area contributed by atoms with Gasteiger partial charge >= 0.3 is 6.18 Å². The molecule has 0 spiro atoms. The van der Waals surface area contributed by atoms with E-state index in [1.165, 1.54) is 42.1 Å². The normalized spacial score (nSPS) is 11.3. The maximum absolute atomic E-state index is 12.8. The molecule has 0 unspecified atom stereocenters. The molecule has 0 atom stereocenters. The van der Waals surface area contributed by atoms with Crippen LogP contribution in [0.25, 0.3) is 0 Å². The lowest BCUT2D eigenvalue weighted by Gasteiger charge is -2.07. The Kier molecular flexibility index (Phi) is 6.13. The number of nitrogens with one attached hydrogen (secondary N) is 1. The highest BCUT2D eigenvalue weighted by Gasteiger charge is 2.30. The van der Waals surface area contributed by atoms with E-state index in [0.29, 0.717) is 9.90 Å². The Morgan fingerprint density at radius 3 is 2.55 bits per heavy atom. The van der Waals surface area contributed by atoms with Crippen LogP contribution in [0.1, 0.15) is 21.5 Å². The van der Waals surface area contributed by atoms with Gasteiger partial charge in [0, 0.05) is 23.4 Å². The van der Waals surface area contributed by atoms with Crippen LogP contribution in [0.4, 0.5) is 24.0 Å². The second-order valence-electron chi connectivity index (χ2n) is 5.62. The lowest BCUT2D eigenvalue weighted by Crippen LogP contribution is -2.11. The highest BCUT2D eigenvalue weighted by atomic mass is 32.2. The summed E-state index contributed by atoms with van der Waals surface area (Å²) in [4.78, 5) is 22.2. The zero-order chi connectivity index (χ0) is 21.0. The number of nitrogens with zero attached hydrogens (tertiary/aromatic N) is 3. The van der Waals surface area contributed by atoms with Crippen molar-refractivity contribution < 1.29 is 22.9 Å². The molecule has 1 heterocycles. The minimum Gasteiger partial charge on any atom is -0.296 e. The number of nitro groups is 1. The molecular weight excluding hydrogens is 429 g/mol. The van der Waals surface area contributed by atoms with Crippen molar-refractivity contribution in [2.45, 2.75) is 16.3 Å². The van der Waals surface area contributed by atoms with Crippen molar-refractivity contribution in [2.24, 2.45) is 0 Å². The fourth-order valence-electron chi connectivity index (χ4n) is 2.20. The Morgan fingerprint density at radius 2 is 1.90 bits per heavy atom. The number of benzene rings is 2. The van der Waals surface area contributed by atoms with Gasteiger partial charge in [0.2, 0.25) is 5.13 Å². The van der Waals surface area contributed by atoms with Gasteiger partial charge in [-0.05, 0) is 23.8 Å². The fourth-order valence-corrected chi connectivity index (χ4v) is 3.89. The molecule has 0 radical (unpaired) electrons. The smallest absolute Gasteiger partial charge is 0.296 e. The summed E-state index contributed by atoms with van der Waals surface area (Å²) in [5.41, 5.74) is -0.157. The van der Waals surface area contributed by atoms with Crippen molar-refractivity contribution in [3.8, 4) is 0 Å². The van der Waals surface area contributed by atoms with Crippen LogP contribution in [0, 0.1) is 10.1 Å². The molecule has 0 saturated heterocycles. The Morgan fingerprint density at radius 1 is 1.17 bits per heavy atom. The zero-order valence-electron chi connectivity index (χ0n) is 14.3. The average Bonchev–Trinajstić information content (AvgIpc) is 3.13. The summed E-state index contributed by atoms with van der Waals surface area (Å²) in [5, 5.41) is 21.1. The van der Waals surface area contributed by atoms with Crippen molar-refractivity contribution in [3.63, 3.8) is 0 Å². The molecule has 3 rings (SSSR count). The third kappa shape index (κ3) is 5.51. The van der Waals surface area contributed by atoms with Gasteiger partial charge in [0.15, 0.2) is 4.34 Å². The largest absolute Gasteiger partial charge is 0.416 e. The minimum atomic E-state index is -4.40. The maximum Gasteiger partial charge on any atom is 0.416 e. The number of nitro benzene ring substituents is 1. The standard InChI is InChI=1S/C17H11F3N4O3S2/c18-17(19,20)12-3-1-2-10(8-12)9-28-16-23-22-15(29-16)21-14(25)11-4-6-13(7-5-11)24(26)27/h1-8H,9H2,(H,21,22,25). The van der Waals surface area contributed by atoms with Crippen molar-refractivity contribution in [3.05, 3.63) is 75.3 Å². The first-order valence-corrected chi connectivity index (χ1v) is 9.71. The molecular formula is C17H11F3N4O3S2. The number of carbonyl (C=O) groups excluding carboxylic acids is 1. The number of hydrogen-bond donors (Lipinski definition) is 1. The van der Waals surface area contributed by atoms with Crippen LogP contribution in [0.15, 0.2) is 52.9 Å². The summed E-state index contributed by atoms with van der Waals surface area (Å²) < 4.78 is 38.7. The SMILES string of the molecule is O=C(Nc1nnc(SCc2cccc(C(F)(F)F)c2)s1)c1ccc([N+](=O)[O-])cc1. The van der Waals surface area contributed by atoms with E-state index in [0.717, 1.165) is 23.5 Å². The first kappa shape index (κ1) is 20.7. The predicted octanol–water partition coefficient (Wildman–Crippen LogP) is 5.01. The Labute approximate surface area is 170 Å². The third-order valence-electron chi connectivity index (χ3n) is 3.58. The summed E-state index contributed by atoms with van der Waals surface area (Å²) in [5.74, 6) is -0.250.